The van der Waals surface area contributed by atoms with Gasteiger partial charge in [-0.05, 0) is 16.5 Å². The van der Waals surface area contributed by atoms with Crippen molar-refractivity contribution in [3.05, 3.63) is 18.5 Å². The Bertz CT molecular complexity index is 482. The van der Waals surface area contributed by atoms with Gasteiger partial charge in [-0.1, -0.05) is 11.8 Å². The van der Waals surface area contributed by atoms with Crippen LogP contribution in [0.3, 0.4) is 0 Å². The lowest BCUT2D eigenvalue weighted by Crippen LogP contribution is -2.11. The number of carboxylic acids is 1. The standard InChI is InChI=1S/C8H10N6O2S/c15-7(16)6-17-8-10-11-12-14(8)5-4-13-3-1-2-9-13/h1-3H,4-6H2,(H,15,16). The lowest BCUT2D eigenvalue weighted by atomic mass is 10.6. The van der Waals surface area contributed by atoms with E-state index >= 15 is 0 Å². The Hall–Kier alpha value is -1.90. The molecule has 0 bridgehead atoms. The molecule has 0 spiro atoms. The van der Waals surface area contributed by atoms with E-state index in [1.54, 1.807) is 15.6 Å². The fraction of sp³-hybridized carbons (Fsp3) is 0.375. The van der Waals surface area contributed by atoms with Crippen LogP contribution in [0.25, 0.3) is 0 Å². The summed E-state index contributed by atoms with van der Waals surface area (Å²) in [5.41, 5.74) is 0. The predicted molar refractivity (Wildman–Crippen MR) is 58.4 cm³/mol. The molecule has 2 rings (SSSR count). The minimum absolute atomic E-state index is 0.0534. The first-order valence-corrected chi connectivity index (χ1v) is 5.82. The van der Waals surface area contributed by atoms with Gasteiger partial charge >= 0.3 is 5.97 Å². The van der Waals surface area contributed by atoms with Gasteiger partial charge in [0.05, 0.1) is 18.8 Å². The van der Waals surface area contributed by atoms with E-state index in [4.69, 9.17) is 5.11 Å². The predicted octanol–water partition coefficient (Wildman–Crippen LogP) is -0.254. The molecule has 0 saturated heterocycles. The maximum absolute atomic E-state index is 10.4. The number of carbonyl (C=O) groups is 1. The van der Waals surface area contributed by atoms with Crippen molar-refractivity contribution in [2.75, 3.05) is 5.75 Å². The SMILES string of the molecule is O=C(O)CSc1nnnn1CCn1cccn1. The molecule has 9 heteroatoms. The number of nitrogens with zero attached hydrogens (tertiary/aromatic N) is 6. The number of aryl methyl sites for hydroxylation is 2. The van der Waals surface area contributed by atoms with Crippen molar-refractivity contribution in [2.45, 2.75) is 18.2 Å². The molecule has 0 aromatic carbocycles. The molecule has 0 unspecified atom stereocenters. The average molecular weight is 254 g/mol. The van der Waals surface area contributed by atoms with Crippen molar-refractivity contribution in [3.8, 4) is 0 Å². The number of hydrogen-bond donors (Lipinski definition) is 1. The number of tetrazole rings is 1. The summed E-state index contributed by atoms with van der Waals surface area (Å²) < 4.78 is 3.32. The summed E-state index contributed by atoms with van der Waals surface area (Å²) in [4.78, 5) is 10.4. The average Bonchev–Trinajstić information content (AvgIpc) is 2.95. The molecule has 1 N–H and O–H groups in total. The first kappa shape index (κ1) is 11.6. The molecule has 0 radical (unpaired) electrons. The fourth-order valence-corrected chi connectivity index (χ4v) is 1.82. The number of hydrogen-bond acceptors (Lipinski definition) is 6. The summed E-state index contributed by atoms with van der Waals surface area (Å²) in [5.74, 6) is -0.945. The molecule has 0 atom stereocenters. The number of aliphatic carboxylic acids is 1. The van der Waals surface area contributed by atoms with Gasteiger partial charge in [-0.2, -0.15) is 5.10 Å². The second kappa shape index (κ2) is 5.43. The quantitative estimate of drug-likeness (QED) is 0.709. The zero-order chi connectivity index (χ0) is 12.1. The second-order valence-corrected chi connectivity index (χ2v) is 4.08. The van der Waals surface area contributed by atoms with Crippen LogP contribution in [0.2, 0.25) is 0 Å². The van der Waals surface area contributed by atoms with E-state index in [9.17, 15) is 4.79 Å². The first-order chi connectivity index (χ1) is 8.25. The molecular weight excluding hydrogens is 244 g/mol. The highest BCUT2D eigenvalue weighted by atomic mass is 32.2. The Morgan fingerprint density at radius 1 is 1.47 bits per heavy atom. The van der Waals surface area contributed by atoms with Crippen molar-refractivity contribution in [1.82, 2.24) is 30.0 Å². The maximum Gasteiger partial charge on any atom is 0.313 e. The van der Waals surface area contributed by atoms with Gasteiger partial charge in [0.1, 0.15) is 0 Å². The molecule has 17 heavy (non-hydrogen) atoms. The molecule has 0 aliphatic rings. The molecule has 2 aromatic rings. The van der Waals surface area contributed by atoms with Crippen molar-refractivity contribution >= 4 is 17.7 Å². The molecule has 0 fully saturated rings. The largest absolute Gasteiger partial charge is 0.481 e. The molecular formula is C8H10N6O2S. The Morgan fingerprint density at radius 3 is 3.06 bits per heavy atom. The highest BCUT2D eigenvalue weighted by Crippen LogP contribution is 2.12. The zero-order valence-electron chi connectivity index (χ0n) is 8.80. The highest BCUT2D eigenvalue weighted by molar-refractivity contribution is 7.99. The van der Waals surface area contributed by atoms with Gasteiger partial charge in [0, 0.05) is 12.4 Å². The highest BCUT2D eigenvalue weighted by Gasteiger charge is 2.08. The van der Waals surface area contributed by atoms with Gasteiger partial charge in [0.15, 0.2) is 0 Å². The number of aromatic nitrogens is 6. The van der Waals surface area contributed by atoms with Crippen molar-refractivity contribution in [3.63, 3.8) is 0 Å². The van der Waals surface area contributed by atoms with Gasteiger partial charge in [-0.15, -0.1) is 5.10 Å². The summed E-state index contributed by atoms with van der Waals surface area (Å²) >= 11 is 1.10. The van der Waals surface area contributed by atoms with Crippen LogP contribution in [0.5, 0.6) is 0 Å². The molecule has 90 valence electrons. The van der Waals surface area contributed by atoms with E-state index in [2.05, 4.69) is 20.6 Å². The van der Waals surface area contributed by atoms with Crippen LogP contribution >= 0.6 is 11.8 Å². The van der Waals surface area contributed by atoms with Crippen molar-refractivity contribution in [2.24, 2.45) is 0 Å². The zero-order valence-corrected chi connectivity index (χ0v) is 9.62. The number of thioether (sulfide) groups is 1. The Balaban J connectivity index is 1.92. The lowest BCUT2D eigenvalue weighted by Gasteiger charge is -2.03. The third-order valence-electron chi connectivity index (χ3n) is 1.92. The third kappa shape index (κ3) is 3.28. The fourth-order valence-electron chi connectivity index (χ4n) is 1.20. The van der Waals surface area contributed by atoms with Crippen LogP contribution < -0.4 is 0 Å². The molecule has 2 heterocycles. The van der Waals surface area contributed by atoms with Crippen LogP contribution in [-0.2, 0) is 17.9 Å². The van der Waals surface area contributed by atoms with Crippen LogP contribution in [0.15, 0.2) is 23.6 Å². The van der Waals surface area contributed by atoms with Gasteiger partial charge in [0.2, 0.25) is 5.16 Å². The molecule has 0 amide bonds. The monoisotopic (exact) mass is 254 g/mol. The number of carboxylic acid groups (broad SMARTS) is 1. The molecule has 0 saturated carbocycles. The van der Waals surface area contributed by atoms with Crippen LogP contribution in [0.4, 0.5) is 0 Å². The van der Waals surface area contributed by atoms with Crippen molar-refractivity contribution < 1.29 is 9.90 Å². The van der Waals surface area contributed by atoms with Gasteiger partial charge in [0.25, 0.3) is 0 Å². The summed E-state index contributed by atoms with van der Waals surface area (Å²) in [7, 11) is 0. The van der Waals surface area contributed by atoms with Gasteiger partial charge in [-0.3, -0.25) is 9.48 Å². The maximum atomic E-state index is 10.4. The van der Waals surface area contributed by atoms with E-state index < -0.39 is 5.97 Å². The van der Waals surface area contributed by atoms with Crippen LogP contribution in [0, 0.1) is 0 Å². The summed E-state index contributed by atoms with van der Waals surface area (Å²) in [6.45, 7) is 1.19. The molecule has 8 nitrogen and oxygen atoms in total. The smallest absolute Gasteiger partial charge is 0.313 e. The molecule has 0 aliphatic heterocycles. The first-order valence-electron chi connectivity index (χ1n) is 4.84. The summed E-state index contributed by atoms with van der Waals surface area (Å²) in [6, 6.07) is 1.83. The van der Waals surface area contributed by atoms with E-state index in [-0.39, 0.29) is 5.75 Å². The second-order valence-electron chi connectivity index (χ2n) is 3.14. The third-order valence-corrected chi connectivity index (χ3v) is 2.87. The van der Waals surface area contributed by atoms with E-state index in [0.29, 0.717) is 18.2 Å². The van der Waals surface area contributed by atoms with E-state index in [0.717, 1.165) is 11.8 Å². The summed E-state index contributed by atoms with van der Waals surface area (Å²) in [6.07, 6.45) is 3.54. The Kier molecular flexibility index (Phi) is 3.70. The molecule has 0 aliphatic carbocycles. The number of rotatable bonds is 6. The minimum Gasteiger partial charge on any atom is -0.481 e. The topological polar surface area (TPSA) is 98.7 Å². The Labute approximate surface area is 101 Å². The summed E-state index contributed by atoms with van der Waals surface area (Å²) in [5, 5.41) is 24.2. The van der Waals surface area contributed by atoms with E-state index in [1.165, 1.54) is 0 Å². The van der Waals surface area contributed by atoms with Gasteiger partial charge in [-0.25, -0.2) is 4.68 Å². The van der Waals surface area contributed by atoms with Gasteiger partial charge < -0.3 is 5.11 Å². The van der Waals surface area contributed by atoms with Crippen LogP contribution in [0.1, 0.15) is 0 Å². The minimum atomic E-state index is -0.892. The van der Waals surface area contributed by atoms with Crippen molar-refractivity contribution in [1.29, 1.82) is 0 Å². The lowest BCUT2D eigenvalue weighted by molar-refractivity contribution is -0.133. The van der Waals surface area contributed by atoms with E-state index in [1.807, 2.05) is 12.3 Å². The van der Waals surface area contributed by atoms with Crippen LogP contribution in [-0.4, -0.2) is 46.8 Å². The Morgan fingerprint density at radius 2 is 2.35 bits per heavy atom. The normalized spacial score (nSPS) is 10.6. The molecule has 2 aromatic heterocycles.